The van der Waals surface area contributed by atoms with Gasteiger partial charge in [0.05, 0.1) is 11.6 Å². The molecule has 0 aliphatic carbocycles. The average molecular weight is 492 g/mol. The van der Waals surface area contributed by atoms with Crippen molar-refractivity contribution in [3.8, 4) is 22.8 Å². The van der Waals surface area contributed by atoms with Crippen LogP contribution in [0.2, 0.25) is 0 Å². The van der Waals surface area contributed by atoms with Gasteiger partial charge in [-0.15, -0.1) is 22.7 Å². The van der Waals surface area contributed by atoms with Gasteiger partial charge in [0.15, 0.2) is 16.6 Å². The molecule has 2 aromatic heterocycles. The number of rotatable bonds is 5. The second kappa shape index (κ2) is 8.47. The maximum absolute atomic E-state index is 12.9. The van der Waals surface area contributed by atoms with Gasteiger partial charge in [-0.3, -0.25) is 4.79 Å². The molecule has 5 rings (SSSR count). The highest BCUT2D eigenvalue weighted by Gasteiger charge is 2.34. The second-order valence-electron chi connectivity index (χ2n) is 7.66. The number of fused-ring (bicyclic) bond motifs is 1. The number of nitrogens with zero attached hydrogens (tertiary/aromatic N) is 2. The SMILES string of the molecule is Cc1ccc(S(=O)(=O)N2CCCC(C(=O)Nc3nc(-c4ccc5c(c4)OCO5)cs3)C2)s1. The Morgan fingerprint density at radius 1 is 1.22 bits per heavy atom. The predicted molar refractivity (Wildman–Crippen MR) is 123 cm³/mol. The van der Waals surface area contributed by atoms with Gasteiger partial charge in [-0.25, -0.2) is 13.4 Å². The number of nitrogens with one attached hydrogen (secondary N) is 1. The van der Waals surface area contributed by atoms with Crippen LogP contribution in [-0.2, 0) is 14.8 Å². The zero-order valence-corrected chi connectivity index (χ0v) is 19.7. The van der Waals surface area contributed by atoms with Crippen molar-refractivity contribution in [3.63, 3.8) is 0 Å². The summed E-state index contributed by atoms with van der Waals surface area (Å²) in [6.45, 7) is 2.68. The number of sulfonamides is 1. The number of benzene rings is 1. The molecule has 1 N–H and O–H groups in total. The summed E-state index contributed by atoms with van der Waals surface area (Å²) >= 11 is 2.58. The van der Waals surface area contributed by atoms with Gasteiger partial charge in [0.1, 0.15) is 4.21 Å². The van der Waals surface area contributed by atoms with Gasteiger partial charge in [0.25, 0.3) is 10.0 Å². The zero-order chi connectivity index (χ0) is 22.3. The van der Waals surface area contributed by atoms with Crippen LogP contribution in [0.25, 0.3) is 11.3 Å². The summed E-state index contributed by atoms with van der Waals surface area (Å²) in [6, 6.07) is 9.02. The number of amides is 1. The van der Waals surface area contributed by atoms with E-state index < -0.39 is 15.9 Å². The van der Waals surface area contributed by atoms with Crippen molar-refractivity contribution in [3.05, 3.63) is 40.6 Å². The molecule has 1 aromatic carbocycles. The van der Waals surface area contributed by atoms with Gasteiger partial charge in [0.2, 0.25) is 12.7 Å². The van der Waals surface area contributed by atoms with Crippen LogP contribution in [0.3, 0.4) is 0 Å². The van der Waals surface area contributed by atoms with Crippen molar-refractivity contribution >= 4 is 43.7 Å². The monoisotopic (exact) mass is 491 g/mol. The van der Waals surface area contributed by atoms with E-state index >= 15 is 0 Å². The third-order valence-corrected chi connectivity index (χ3v) is 9.56. The fourth-order valence-corrected chi connectivity index (χ4v) is 7.46. The maximum Gasteiger partial charge on any atom is 0.252 e. The number of aromatic nitrogens is 1. The summed E-state index contributed by atoms with van der Waals surface area (Å²) in [7, 11) is -3.58. The Bertz CT molecular complexity index is 1270. The molecule has 0 bridgehead atoms. The van der Waals surface area contributed by atoms with E-state index in [-0.39, 0.29) is 19.2 Å². The Hall–Kier alpha value is -2.47. The molecule has 8 nitrogen and oxygen atoms in total. The predicted octanol–water partition coefficient (Wildman–Crippen LogP) is 3.95. The molecule has 11 heteroatoms. The zero-order valence-electron chi connectivity index (χ0n) is 17.2. The molecule has 2 aliphatic rings. The van der Waals surface area contributed by atoms with Crippen LogP contribution in [0.4, 0.5) is 5.13 Å². The van der Waals surface area contributed by atoms with Gasteiger partial charge in [-0.2, -0.15) is 4.31 Å². The number of piperidine rings is 1. The largest absolute Gasteiger partial charge is 0.454 e. The van der Waals surface area contributed by atoms with Crippen LogP contribution in [0.15, 0.2) is 39.9 Å². The normalized spacial score (nSPS) is 18.6. The molecule has 4 heterocycles. The van der Waals surface area contributed by atoms with Gasteiger partial charge in [-0.1, -0.05) is 0 Å². The molecule has 0 saturated carbocycles. The van der Waals surface area contributed by atoms with Crippen molar-refractivity contribution in [1.29, 1.82) is 0 Å². The second-order valence-corrected chi connectivity index (χ2v) is 12.0. The van der Waals surface area contributed by atoms with Crippen LogP contribution >= 0.6 is 22.7 Å². The molecule has 1 saturated heterocycles. The number of ether oxygens (including phenoxy) is 2. The summed E-state index contributed by atoms with van der Waals surface area (Å²) in [5, 5.41) is 5.21. The lowest BCUT2D eigenvalue weighted by molar-refractivity contribution is -0.120. The van der Waals surface area contributed by atoms with Crippen molar-refractivity contribution < 1.29 is 22.7 Å². The quantitative estimate of drug-likeness (QED) is 0.580. The third-order valence-electron chi connectivity index (χ3n) is 5.47. The Morgan fingerprint density at radius 2 is 2.06 bits per heavy atom. The highest BCUT2D eigenvalue weighted by molar-refractivity contribution is 7.91. The first kappa shape index (κ1) is 21.4. The van der Waals surface area contributed by atoms with E-state index in [4.69, 9.17) is 9.47 Å². The lowest BCUT2D eigenvalue weighted by atomic mass is 9.99. The lowest BCUT2D eigenvalue weighted by Gasteiger charge is -2.30. The summed E-state index contributed by atoms with van der Waals surface area (Å²) in [4.78, 5) is 18.3. The van der Waals surface area contributed by atoms with Gasteiger partial charge >= 0.3 is 0 Å². The molecule has 1 unspecified atom stereocenters. The van der Waals surface area contributed by atoms with Gasteiger partial charge < -0.3 is 14.8 Å². The number of hydrogen-bond donors (Lipinski definition) is 1. The van der Waals surface area contributed by atoms with E-state index in [0.29, 0.717) is 40.2 Å². The summed E-state index contributed by atoms with van der Waals surface area (Å²) < 4.78 is 38.4. The molecular weight excluding hydrogens is 470 g/mol. The summed E-state index contributed by atoms with van der Waals surface area (Å²) in [5.74, 6) is 0.744. The molecule has 1 atom stereocenters. The highest BCUT2D eigenvalue weighted by Crippen LogP contribution is 2.37. The number of carbonyl (C=O) groups excluding carboxylic acids is 1. The molecule has 0 spiro atoms. The van der Waals surface area contributed by atoms with Gasteiger partial charge in [0, 0.05) is 28.9 Å². The molecule has 1 amide bonds. The number of carbonyl (C=O) groups is 1. The summed E-state index contributed by atoms with van der Waals surface area (Å²) in [5.41, 5.74) is 1.59. The first-order valence-electron chi connectivity index (χ1n) is 10.1. The molecule has 1 fully saturated rings. The molecule has 3 aromatic rings. The standard InChI is InChI=1S/C21H21N3O5S3/c1-13-4-7-19(31-13)32(26,27)24-8-2-3-15(10-24)20(25)23-21-22-16(11-30-21)14-5-6-17-18(9-14)29-12-28-17/h4-7,9,11,15H,2-3,8,10,12H2,1H3,(H,22,23,25). The fraction of sp³-hybridized carbons (Fsp3) is 0.333. The summed E-state index contributed by atoms with van der Waals surface area (Å²) in [6.07, 6.45) is 1.28. The lowest BCUT2D eigenvalue weighted by Crippen LogP contribution is -2.43. The minimum Gasteiger partial charge on any atom is -0.454 e. The Balaban J connectivity index is 1.26. The van der Waals surface area contributed by atoms with E-state index in [1.54, 1.807) is 12.1 Å². The van der Waals surface area contributed by atoms with Crippen LogP contribution in [0, 0.1) is 12.8 Å². The number of aryl methyl sites for hydroxylation is 1. The van der Waals surface area contributed by atoms with E-state index in [9.17, 15) is 13.2 Å². The van der Waals surface area contributed by atoms with E-state index in [1.165, 1.54) is 27.0 Å². The van der Waals surface area contributed by atoms with Crippen molar-refractivity contribution in [2.24, 2.45) is 5.92 Å². The molecule has 2 aliphatic heterocycles. The van der Waals surface area contributed by atoms with E-state index in [1.807, 2.05) is 30.5 Å². The fourth-order valence-electron chi connectivity index (χ4n) is 3.78. The van der Waals surface area contributed by atoms with Crippen molar-refractivity contribution in [2.45, 2.75) is 24.0 Å². The van der Waals surface area contributed by atoms with Crippen LogP contribution in [0.1, 0.15) is 17.7 Å². The Kier molecular flexibility index (Phi) is 5.66. The average Bonchev–Trinajstić information content (AvgIpc) is 3.54. The number of thiazole rings is 1. The Labute approximate surface area is 193 Å². The van der Waals surface area contributed by atoms with Crippen molar-refractivity contribution in [2.75, 3.05) is 25.2 Å². The van der Waals surface area contributed by atoms with Crippen LogP contribution in [0.5, 0.6) is 11.5 Å². The molecule has 32 heavy (non-hydrogen) atoms. The van der Waals surface area contributed by atoms with Crippen molar-refractivity contribution in [1.82, 2.24) is 9.29 Å². The van der Waals surface area contributed by atoms with E-state index in [0.717, 1.165) is 16.1 Å². The minimum atomic E-state index is -3.58. The number of hydrogen-bond acceptors (Lipinski definition) is 8. The third kappa shape index (κ3) is 4.13. The van der Waals surface area contributed by atoms with E-state index in [2.05, 4.69) is 10.3 Å². The smallest absolute Gasteiger partial charge is 0.252 e. The number of anilines is 1. The molecular formula is C21H21N3O5S3. The first-order chi connectivity index (χ1) is 15.4. The first-order valence-corrected chi connectivity index (χ1v) is 13.3. The minimum absolute atomic E-state index is 0.172. The molecule has 168 valence electrons. The van der Waals surface area contributed by atoms with Gasteiger partial charge in [-0.05, 0) is 50.1 Å². The maximum atomic E-state index is 12.9. The van der Waals surface area contributed by atoms with Crippen LogP contribution < -0.4 is 14.8 Å². The topological polar surface area (TPSA) is 97.8 Å². The number of thiophene rings is 1. The molecule has 0 radical (unpaired) electrons. The highest BCUT2D eigenvalue weighted by atomic mass is 32.2. The van der Waals surface area contributed by atoms with Crippen LogP contribution in [-0.4, -0.2) is 43.5 Å². The Morgan fingerprint density at radius 3 is 2.88 bits per heavy atom.